The molecule has 4 nitrogen and oxygen atoms in total. The highest BCUT2D eigenvalue weighted by atomic mass is 16.5. The predicted octanol–water partition coefficient (Wildman–Crippen LogP) is 2.50. The molecule has 1 unspecified atom stereocenters. The highest BCUT2D eigenvalue weighted by Gasteiger charge is 2.11. The first-order valence-electron chi connectivity index (χ1n) is 5.45. The fourth-order valence-corrected chi connectivity index (χ4v) is 1.62. The van der Waals surface area contributed by atoms with Gasteiger partial charge in [0, 0.05) is 17.3 Å². The molecule has 0 aliphatic rings. The van der Waals surface area contributed by atoms with E-state index in [2.05, 4.69) is 11.1 Å². The van der Waals surface area contributed by atoms with Gasteiger partial charge in [0.05, 0.1) is 0 Å². The zero-order valence-electron chi connectivity index (χ0n) is 9.55. The van der Waals surface area contributed by atoms with Crippen molar-refractivity contribution in [3.63, 3.8) is 0 Å². The number of nitrogens with zero attached hydrogens (tertiary/aromatic N) is 2. The Hall–Kier alpha value is -2.28. The molecule has 0 bridgehead atoms. The van der Waals surface area contributed by atoms with Gasteiger partial charge in [-0.2, -0.15) is 5.26 Å². The van der Waals surface area contributed by atoms with E-state index in [1.807, 2.05) is 19.1 Å². The number of hydrogen-bond acceptors (Lipinski definition) is 4. The summed E-state index contributed by atoms with van der Waals surface area (Å²) in [7, 11) is 0. The topological polar surface area (TPSA) is 71.9 Å². The standard InChI is InChI=1S/C13H13N3O/c1-2-9(8-14)17-12-6-5-11(15)10-4-3-7-16-13(10)12/h3-7,9H,2,15H2,1H3. The van der Waals surface area contributed by atoms with E-state index >= 15 is 0 Å². The molecule has 17 heavy (non-hydrogen) atoms. The maximum absolute atomic E-state index is 8.89. The summed E-state index contributed by atoms with van der Waals surface area (Å²) in [5, 5.41) is 9.74. The SMILES string of the molecule is CCC(C#N)Oc1ccc(N)c2cccnc12. The van der Waals surface area contributed by atoms with E-state index in [0.717, 1.165) is 5.39 Å². The zero-order valence-corrected chi connectivity index (χ0v) is 9.55. The van der Waals surface area contributed by atoms with Crippen molar-refractivity contribution in [2.45, 2.75) is 19.4 Å². The number of aromatic nitrogens is 1. The van der Waals surface area contributed by atoms with Crippen LogP contribution in [0.3, 0.4) is 0 Å². The number of hydrogen-bond donors (Lipinski definition) is 1. The third-order valence-electron chi connectivity index (χ3n) is 2.55. The number of ether oxygens (including phenoxy) is 1. The molecule has 0 spiro atoms. The summed E-state index contributed by atoms with van der Waals surface area (Å²) in [5.74, 6) is 0.600. The average molecular weight is 227 g/mol. The monoisotopic (exact) mass is 227 g/mol. The van der Waals surface area contributed by atoms with Crippen LogP contribution < -0.4 is 10.5 Å². The van der Waals surface area contributed by atoms with Crippen LogP contribution in [0.25, 0.3) is 10.9 Å². The van der Waals surface area contributed by atoms with Gasteiger partial charge in [-0.15, -0.1) is 0 Å². The molecule has 0 fully saturated rings. The summed E-state index contributed by atoms with van der Waals surface area (Å²) in [4.78, 5) is 4.25. The molecule has 2 N–H and O–H groups in total. The van der Waals surface area contributed by atoms with Gasteiger partial charge in [-0.3, -0.25) is 4.98 Å². The van der Waals surface area contributed by atoms with Crippen molar-refractivity contribution in [1.82, 2.24) is 4.98 Å². The normalized spacial score (nSPS) is 12.0. The summed E-state index contributed by atoms with van der Waals surface area (Å²) in [6, 6.07) is 9.33. The van der Waals surface area contributed by atoms with Crippen molar-refractivity contribution in [3.8, 4) is 11.8 Å². The minimum Gasteiger partial charge on any atom is -0.473 e. The maximum Gasteiger partial charge on any atom is 0.184 e. The van der Waals surface area contributed by atoms with Crippen molar-refractivity contribution in [3.05, 3.63) is 30.5 Å². The Bertz CT molecular complexity index is 574. The lowest BCUT2D eigenvalue weighted by Gasteiger charge is -2.12. The molecular formula is C13H13N3O. The molecule has 4 heteroatoms. The summed E-state index contributed by atoms with van der Waals surface area (Å²) >= 11 is 0. The molecule has 1 heterocycles. The first kappa shape index (κ1) is 11.2. The van der Waals surface area contributed by atoms with E-state index in [-0.39, 0.29) is 0 Å². The van der Waals surface area contributed by atoms with Gasteiger partial charge < -0.3 is 10.5 Å². The van der Waals surface area contributed by atoms with Crippen molar-refractivity contribution in [1.29, 1.82) is 5.26 Å². The minimum absolute atomic E-state index is 0.455. The van der Waals surface area contributed by atoms with Crippen LogP contribution in [0.1, 0.15) is 13.3 Å². The van der Waals surface area contributed by atoms with Crippen molar-refractivity contribution < 1.29 is 4.74 Å². The van der Waals surface area contributed by atoms with Gasteiger partial charge in [-0.25, -0.2) is 0 Å². The number of fused-ring (bicyclic) bond motifs is 1. The van der Waals surface area contributed by atoms with E-state index < -0.39 is 6.10 Å². The number of pyridine rings is 1. The van der Waals surface area contributed by atoms with E-state index in [4.69, 9.17) is 15.7 Å². The first-order chi connectivity index (χ1) is 8.26. The van der Waals surface area contributed by atoms with Crippen LogP contribution >= 0.6 is 0 Å². The lowest BCUT2D eigenvalue weighted by atomic mass is 10.1. The second-order valence-electron chi connectivity index (χ2n) is 3.70. The van der Waals surface area contributed by atoms with E-state index in [0.29, 0.717) is 23.4 Å². The number of nitrogen functional groups attached to an aromatic ring is 1. The number of rotatable bonds is 3. The van der Waals surface area contributed by atoms with Crippen LogP contribution in [0.5, 0.6) is 5.75 Å². The molecule has 0 radical (unpaired) electrons. The molecule has 1 aromatic heterocycles. The Morgan fingerprint density at radius 2 is 2.29 bits per heavy atom. The smallest absolute Gasteiger partial charge is 0.184 e. The van der Waals surface area contributed by atoms with Crippen LogP contribution in [-0.4, -0.2) is 11.1 Å². The van der Waals surface area contributed by atoms with Gasteiger partial charge in [0.1, 0.15) is 17.3 Å². The molecule has 0 aliphatic carbocycles. The van der Waals surface area contributed by atoms with Gasteiger partial charge in [0.15, 0.2) is 6.10 Å². The summed E-state index contributed by atoms with van der Waals surface area (Å²) in [5.41, 5.74) is 7.21. The minimum atomic E-state index is -0.455. The molecule has 0 saturated carbocycles. The summed E-state index contributed by atoms with van der Waals surface area (Å²) in [6.07, 6.45) is 1.86. The third kappa shape index (κ3) is 2.13. The van der Waals surface area contributed by atoms with E-state index in [9.17, 15) is 0 Å². The van der Waals surface area contributed by atoms with Gasteiger partial charge in [-0.1, -0.05) is 6.92 Å². The van der Waals surface area contributed by atoms with Gasteiger partial charge >= 0.3 is 0 Å². The predicted molar refractivity (Wildman–Crippen MR) is 66.5 cm³/mol. The van der Waals surface area contributed by atoms with Crippen LogP contribution in [0.4, 0.5) is 5.69 Å². The lowest BCUT2D eigenvalue weighted by molar-refractivity contribution is 0.254. The fourth-order valence-electron chi connectivity index (χ4n) is 1.62. The van der Waals surface area contributed by atoms with E-state index in [1.54, 1.807) is 18.3 Å². The maximum atomic E-state index is 8.89. The van der Waals surface area contributed by atoms with Crippen LogP contribution in [0.2, 0.25) is 0 Å². The molecule has 2 aromatic rings. The molecule has 1 aromatic carbocycles. The van der Waals surface area contributed by atoms with Crippen molar-refractivity contribution in [2.75, 3.05) is 5.73 Å². The Balaban J connectivity index is 2.49. The Morgan fingerprint density at radius 3 is 3.00 bits per heavy atom. The zero-order chi connectivity index (χ0) is 12.3. The van der Waals surface area contributed by atoms with Crippen molar-refractivity contribution >= 4 is 16.6 Å². The molecular weight excluding hydrogens is 214 g/mol. The fraction of sp³-hybridized carbons (Fsp3) is 0.231. The molecule has 0 amide bonds. The number of benzene rings is 1. The Labute approximate surface area is 99.6 Å². The number of nitrogens with two attached hydrogens (primary N) is 1. The van der Waals surface area contributed by atoms with E-state index in [1.165, 1.54) is 0 Å². The van der Waals surface area contributed by atoms with Crippen LogP contribution in [0.15, 0.2) is 30.5 Å². The van der Waals surface area contributed by atoms with Gasteiger partial charge in [0.2, 0.25) is 0 Å². The number of anilines is 1. The van der Waals surface area contributed by atoms with Crippen LogP contribution in [-0.2, 0) is 0 Å². The largest absolute Gasteiger partial charge is 0.473 e. The molecule has 86 valence electrons. The van der Waals surface area contributed by atoms with Gasteiger partial charge in [-0.05, 0) is 30.7 Å². The van der Waals surface area contributed by atoms with Crippen molar-refractivity contribution in [2.24, 2.45) is 0 Å². The highest BCUT2D eigenvalue weighted by molar-refractivity contribution is 5.94. The lowest BCUT2D eigenvalue weighted by Crippen LogP contribution is -2.12. The average Bonchev–Trinajstić information content (AvgIpc) is 2.38. The molecule has 2 rings (SSSR count). The van der Waals surface area contributed by atoms with Gasteiger partial charge in [0.25, 0.3) is 0 Å². The number of nitriles is 1. The second-order valence-corrected chi connectivity index (χ2v) is 3.70. The van der Waals surface area contributed by atoms with Crippen LogP contribution in [0, 0.1) is 11.3 Å². The Morgan fingerprint density at radius 1 is 1.47 bits per heavy atom. The highest BCUT2D eigenvalue weighted by Crippen LogP contribution is 2.28. The first-order valence-corrected chi connectivity index (χ1v) is 5.45. The second kappa shape index (κ2) is 4.71. The summed E-state index contributed by atoms with van der Waals surface area (Å²) in [6.45, 7) is 1.90. The molecule has 1 atom stereocenters. The third-order valence-corrected chi connectivity index (χ3v) is 2.55. The molecule has 0 aliphatic heterocycles. The summed E-state index contributed by atoms with van der Waals surface area (Å²) < 4.78 is 5.60. The molecule has 0 saturated heterocycles. The Kier molecular flexibility index (Phi) is 3.10. The quantitative estimate of drug-likeness (QED) is 0.818.